The quantitative estimate of drug-likeness (QED) is 0.196. The van der Waals surface area contributed by atoms with E-state index >= 15 is 0 Å². The van der Waals surface area contributed by atoms with Crippen molar-refractivity contribution >= 4 is 69.0 Å². The summed E-state index contributed by atoms with van der Waals surface area (Å²) in [4.78, 5) is 12.2. The topological polar surface area (TPSA) is 9.72 Å². The number of hydrogen-bond acceptors (Lipinski definition) is 5. The molecule has 0 saturated heterocycles. The summed E-state index contributed by atoms with van der Waals surface area (Å²) >= 11 is 3.68. The second-order valence-corrected chi connectivity index (χ2v) is 12.7. The van der Waals surface area contributed by atoms with Crippen molar-refractivity contribution in [2.75, 3.05) is 21.2 Å². The molecule has 0 fully saturated rings. The number of anilines is 8. The number of fused-ring (bicyclic) bond motifs is 4. The van der Waals surface area contributed by atoms with Crippen LogP contribution in [0.2, 0.25) is 0 Å². The van der Waals surface area contributed by atoms with E-state index in [1.54, 1.807) is 0 Å². The standard InChI is InChI=1S/C38H29N3S2/c1-2-39(27-19-23-29(24-20-27)40-31-11-3-7-15-35(31)42-36-16-8-4-12-32(36)40)28-21-25-30(26-22-28)41-33-13-5-9-17-37(33)43-38-18-10-6-14-34(38)41/h3-26H,2H2,1H3. The molecule has 0 aromatic heterocycles. The van der Waals surface area contributed by atoms with Gasteiger partial charge in [-0.05, 0) is 104 Å². The molecule has 3 nitrogen and oxygen atoms in total. The molecule has 0 saturated carbocycles. The van der Waals surface area contributed by atoms with Crippen LogP contribution in [0, 0.1) is 0 Å². The van der Waals surface area contributed by atoms with Crippen LogP contribution in [0.25, 0.3) is 0 Å². The van der Waals surface area contributed by atoms with Gasteiger partial charge in [0.2, 0.25) is 0 Å². The molecule has 6 aromatic rings. The summed E-state index contributed by atoms with van der Waals surface area (Å²) in [6, 6.07) is 52.6. The molecule has 2 aliphatic heterocycles. The maximum absolute atomic E-state index is 2.38. The Morgan fingerprint density at radius 3 is 1.02 bits per heavy atom. The summed E-state index contributed by atoms with van der Waals surface area (Å²) < 4.78 is 0. The summed E-state index contributed by atoms with van der Waals surface area (Å²) in [5.41, 5.74) is 9.57. The molecule has 43 heavy (non-hydrogen) atoms. The SMILES string of the molecule is CCN(c1ccc(N2c3ccccc3Sc3ccccc32)cc1)c1ccc(N2c3ccccc3Sc3ccccc32)cc1. The minimum atomic E-state index is 0.872. The first-order valence-electron chi connectivity index (χ1n) is 14.6. The van der Waals surface area contributed by atoms with E-state index in [4.69, 9.17) is 0 Å². The third kappa shape index (κ3) is 4.56. The smallest absolute Gasteiger partial charge is 0.0601 e. The van der Waals surface area contributed by atoms with Crippen molar-refractivity contribution in [3.63, 3.8) is 0 Å². The van der Waals surface area contributed by atoms with Crippen molar-refractivity contribution in [2.45, 2.75) is 26.5 Å². The van der Waals surface area contributed by atoms with Crippen LogP contribution in [0.15, 0.2) is 165 Å². The maximum atomic E-state index is 2.38. The Morgan fingerprint density at radius 2 is 0.721 bits per heavy atom. The number of benzene rings is 6. The van der Waals surface area contributed by atoms with Gasteiger partial charge in [-0.1, -0.05) is 72.1 Å². The van der Waals surface area contributed by atoms with E-state index in [1.807, 2.05) is 23.5 Å². The monoisotopic (exact) mass is 591 g/mol. The van der Waals surface area contributed by atoms with Gasteiger partial charge in [0, 0.05) is 48.9 Å². The molecule has 2 aliphatic rings. The van der Waals surface area contributed by atoms with Crippen molar-refractivity contribution in [3.8, 4) is 0 Å². The first-order chi connectivity index (χ1) is 21.3. The van der Waals surface area contributed by atoms with Crippen LogP contribution < -0.4 is 14.7 Å². The molecule has 5 heteroatoms. The minimum Gasteiger partial charge on any atom is -0.342 e. The molecule has 6 aromatic carbocycles. The lowest BCUT2D eigenvalue weighted by atomic mass is 10.1. The van der Waals surface area contributed by atoms with Crippen LogP contribution >= 0.6 is 23.5 Å². The average Bonchev–Trinajstić information content (AvgIpc) is 3.07. The zero-order valence-corrected chi connectivity index (χ0v) is 25.4. The summed E-state index contributed by atoms with van der Waals surface area (Å²) in [5, 5.41) is 0. The first kappa shape index (κ1) is 26.1. The molecule has 0 bridgehead atoms. The zero-order chi connectivity index (χ0) is 28.8. The van der Waals surface area contributed by atoms with Gasteiger partial charge in [-0.2, -0.15) is 0 Å². The fourth-order valence-electron chi connectivity index (χ4n) is 6.04. The normalized spacial score (nSPS) is 13.0. The summed E-state index contributed by atoms with van der Waals surface area (Å²) in [6.07, 6.45) is 0. The van der Waals surface area contributed by atoms with Crippen molar-refractivity contribution < 1.29 is 0 Å². The van der Waals surface area contributed by atoms with Crippen LogP contribution in [0.4, 0.5) is 45.5 Å². The second kappa shape index (κ2) is 10.9. The molecule has 0 atom stereocenters. The highest BCUT2D eigenvalue weighted by Gasteiger charge is 2.26. The minimum absolute atomic E-state index is 0.872. The average molecular weight is 592 g/mol. The maximum Gasteiger partial charge on any atom is 0.0601 e. The van der Waals surface area contributed by atoms with E-state index in [9.17, 15) is 0 Å². The highest BCUT2D eigenvalue weighted by molar-refractivity contribution is 8.00. The highest BCUT2D eigenvalue weighted by Crippen LogP contribution is 2.52. The lowest BCUT2D eigenvalue weighted by Gasteiger charge is -2.33. The van der Waals surface area contributed by atoms with E-state index in [1.165, 1.54) is 53.7 Å². The van der Waals surface area contributed by atoms with E-state index in [0.717, 1.165) is 17.9 Å². The van der Waals surface area contributed by atoms with Gasteiger partial charge in [-0.3, -0.25) is 0 Å². The lowest BCUT2D eigenvalue weighted by molar-refractivity contribution is 1.02. The number of rotatable bonds is 5. The largest absolute Gasteiger partial charge is 0.342 e. The van der Waals surface area contributed by atoms with E-state index in [2.05, 4.69) is 167 Å². The van der Waals surface area contributed by atoms with Crippen LogP contribution in [-0.4, -0.2) is 6.54 Å². The molecule has 0 aliphatic carbocycles. The fourth-order valence-corrected chi connectivity index (χ4v) is 8.16. The van der Waals surface area contributed by atoms with Crippen LogP contribution in [0.1, 0.15) is 6.92 Å². The second-order valence-electron chi connectivity index (χ2n) is 10.5. The van der Waals surface area contributed by atoms with Gasteiger partial charge in [0.25, 0.3) is 0 Å². The molecule has 208 valence electrons. The van der Waals surface area contributed by atoms with Crippen molar-refractivity contribution in [1.82, 2.24) is 0 Å². The van der Waals surface area contributed by atoms with Crippen molar-refractivity contribution in [1.29, 1.82) is 0 Å². The molecule has 0 unspecified atom stereocenters. The Morgan fingerprint density at radius 1 is 0.419 bits per heavy atom. The molecular formula is C38H29N3S2. The van der Waals surface area contributed by atoms with Gasteiger partial charge >= 0.3 is 0 Å². The number of hydrogen-bond donors (Lipinski definition) is 0. The third-order valence-corrected chi connectivity index (χ3v) is 10.3. The van der Waals surface area contributed by atoms with Crippen molar-refractivity contribution in [3.05, 3.63) is 146 Å². The fraction of sp³-hybridized carbons (Fsp3) is 0.0526. The van der Waals surface area contributed by atoms with Crippen LogP contribution in [0.5, 0.6) is 0 Å². The van der Waals surface area contributed by atoms with E-state index in [-0.39, 0.29) is 0 Å². The van der Waals surface area contributed by atoms with Gasteiger partial charge < -0.3 is 14.7 Å². The summed E-state index contributed by atoms with van der Waals surface area (Å²) in [7, 11) is 0. The van der Waals surface area contributed by atoms with Crippen molar-refractivity contribution in [2.24, 2.45) is 0 Å². The predicted molar refractivity (Wildman–Crippen MR) is 183 cm³/mol. The molecule has 0 N–H and O–H groups in total. The zero-order valence-electron chi connectivity index (χ0n) is 23.7. The van der Waals surface area contributed by atoms with Crippen LogP contribution in [-0.2, 0) is 0 Å². The predicted octanol–water partition coefficient (Wildman–Crippen LogP) is 11.7. The van der Waals surface area contributed by atoms with Gasteiger partial charge in [0.05, 0.1) is 22.7 Å². The van der Waals surface area contributed by atoms with Crippen LogP contribution in [0.3, 0.4) is 0 Å². The highest BCUT2D eigenvalue weighted by atomic mass is 32.2. The molecule has 0 spiro atoms. The van der Waals surface area contributed by atoms with Gasteiger partial charge in [0.15, 0.2) is 0 Å². The van der Waals surface area contributed by atoms with Gasteiger partial charge in [-0.15, -0.1) is 0 Å². The van der Waals surface area contributed by atoms with E-state index < -0.39 is 0 Å². The van der Waals surface area contributed by atoms with Gasteiger partial charge in [-0.25, -0.2) is 0 Å². The Balaban J connectivity index is 1.11. The molecule has 8 rings (SSSR count). The number of nitrogens with zero attached hydrogens (tertiary/aromatic N) is 3. The Hall–Kier alpha value is -4.58. The Bertz CT molecular complexity index is 1700. The summed E-state index contributed by atoms with van der Waals surface area (Å²) in [5.74, 6) is 0. The molecule has 0 radical (unpaired) electrons. The molecular weight excluding hydrogens is 563 g/mol. The van der Waals surface area contributed by atoms with Gasteiger partial charge in [0.1, 0.15) is 0 Å². The third-order valence-electron chi connectivity index (χ3n) is 8.02. The summed E-state index contributed by atoms with van der Waals surface area (Å²) in [6.45, 7) is 3.08. The Labute approximate surface area is 261 Å². The molecule has 0 amide bonds. The molecule has 2 heterocycles. The lowest BCUT2D eigenvalue weighted by Crippen LogP contribution is -2.18. The Kier molecular flexibility index (Phi) is 6.62. The van der Waals surface area contributed by atoms with E-state index in [0.29, 0.717) is 0 Å². The number of para-hydroxylation sites is 4. The first-order valence-corrected chi connectivity index (χ1v) is 16.2.